The van der Waals surface area contributed by atoms with Gasteiger partial charge < -0.3 is 10.6 Å². The lowest BCUT2D eigenvalue weighted by atomic mass is 10.1. The van der Waals surface area contributed by atoms with Crippen LogP contribution in [-0.2, 0) is 13.0 Å². The number of benzene rings is 2. The zero-order valence-electron chi connectivity index (χ0n) is 11.9. The third kappa shape index (κ3) is 2.36. The van der Waals surface area contributed by atoms with Gasteiger partial charge in [0.15, 0.2) is 0 Å². The van der Waals surface area contributed by atoms with E-state index in [0.29, 0.717) is 0 Å². The average Bonchev–Trinajstić information content (AvgIpc) is 2.76. The van der Waals surface area contributed by atoms with Crippen LogP contribution in [0.4, 0.5) is 11.4 Å². The highest BCUT2D eigenvalue weighted by Crippen LogP contribution is 2.33. The molecule has 0 spiro atoms. The maximum atomic E-state index is 6.34. The van der Waals surface area contributed by atoms with Crippen LogP contribution in [0.15, 0.2) is 30.3 Å². The van der Waals surface area contributed by atoms with Gasteiger partial charge in [-0.1, -0.05) is 29.8 Å². The van der Waals surface area contributed by atoms with Crippen molar-refractivity contribution in [2.45, 2.75) is 26.8 Å². The van der Waals surface area contributed by atoms with Crippen molar-refractivity contribution in [3.05, 3.63) is 57.6 Å². The van der Waals surface area contributed by atoms with Gasteiger partial charge in [-0.2, -0.15) is 0 Å². The molecule has 0 aliphatic carbocycles. The van der Waals surface area contributed by atoms with E-state index in [1.54, 1.807) is 0 Å². The molecule has 0 saturated carbocycles. The second-order valence-electron chi connectivity index (χ2n) is 5.60. The molecule has 0 aromatic heterocycles. The number of halogens is 1. The minimum absolute atomic E-state index is 0.842. The van der Waals surface area contributed by atoms with Gasteiger partial charge in [0.2, 0.25) is 0 Å². The molecule has 2 aromatic carbocycles. The molecule has 0 radical (unpaired) electrons. The standard InChI is InChI=1S/C17H19ClN2/c1-11-3-4-14(15(18)7-11)10-20-6-5-13-8-12(2)16(19)9-17(13)20/h3-4,7-9H,5-6,10,19H2,1-2H3. The number of aryl methyl sites for hydroxylation is 2. The van der Waals surface area contributed by atoms with Crippen LogP contribution in [0.3, 0.4) is 0 Å². The Hall–Kier alpha value is -1.67. The van der Waals surface area contributed by atoms with Gasteiger partial charge in [0.1, 0.15) is 0 Å². The van der Waals surface area contributed by atoms with Crippen molar-refractivity contribution in [3.63, 3.8) is 0 Å². The van der Waals surface area contributed by atoms with Gasteiger partial charge in [-0.05, 0) is 54.7 Å². The quantitative estimate of drug-likeness (QED) is 0.842. The van der Waals surface area contributed by atoms with E-state index < -0.39 is 0 Å². The SMILES string of the molecule is Cc1ccc(CN2CCc3cc(C)c(N)cc32)c(Cl)c1. The lowest BCUT2D eigenvalue weighted by molar-refractivity contribution is 0.836. The predicted molar refractivity (Wildman–Crippen MR) is 86.5 cm³/mol. The van der Waals surface area contributed by atoms with Crippen LogP contribution in [0.25, 0.3) is 0 Å². The minimum atomic E-state index is 0.842. The molecule has 0 atom stereocenters. The molecule has 0 saturated heterocycles. The summed E-state index contributed by atoms with van der Waals surface area (Å²) in [5.41, 5.74) is 13.1. The van der Waals surface area contributed by atoms with E-state index in [2.05, 4.69) is 43.0 Å². The highest BCUT2D eigenvalue weighted by atomic mass is 35.5. The van der Waals surface area contributed by atoms with Gasteiger partial charge in [0.05, 0.1) is 0 Å². The van der Waals surface area contributed by atoms with Crippen LogP contribution >= 0.6 is 11.6 Å². The van der Waals surface area contributed by atoms with E-state index in [0.717, 1.165) is 30.2 Å². The first-order valence-electron chi connectivity index (χ1n) is 6.93. The molecule has 20 heavy (non-hydrogen) atoms. The van der Waals surface area contributed by atoms with Crippen LogP contribution in [0.5, 0.6) is 0 Å². The zero-order chi connectivity index (χ0) is 14.3. The van der Waals surface area contributed by atoms with Crippen LogP contribution in [0, 0.1) is 13.8 Å². The van der Waals surface area contributed by atoms with Crippen LogP contribution in [0.1, 0.15) is 22.3 Å². The number of rotatable bonds is 2. The fraction of sp³-hybridized carbons (Fsp3) is 0.294. The number of anilines is 2. The molecule has 1 heterocycles. The molecule has 0 unspecified atom stereocenters. The Morgan fingerprint density at radius 1 is 1.20 bits per heavy atom. The van der Waals surface area contributed by atoms with Crippen molar-refractivity contribution in [1.29, 1.82) is 0 Å². The maximum absolute atomic E-state index is 6.34. The Bertz CT molecular complexity index is 664. The van der Waals surface area contributed by atoms with Crippen molar-refractivity contribution >= 4 is 23.0 Å². The molecule has 2 aromatic rings. The summed E-state index contributed by atoms with van der Waals surface area (Å²) >= 11 is 6.34. The second kappa shape index (κ2) is 5.02. The smallest absolute Gasteiger partial charge is 0.0458 e. The average molecular weight is 287 g/mol. The molecule has 0 amide bonds. The maximum Gasteiger partial charge on any atom is 0.0458 e. The zero-order valence-corrected chi connectivity index (χ0v) is 12.7. The number of hydrogen-bond acceptors (Lipinski definition) is 2. The highest BCUT2D eigenvalue weighted by molar-refractivity contribution is 6.31. The predicted octanol–water partition coefficient (Wildman–Crippen LogP) is 4.10. The fourth-order valence-electron chi connectivity index (χ4n) is 2.79. The Morgan fingerprint density at radius 2 is 2.00 bits per heavy atom. The Balaban J connectivity index is 1.90. The van der Waals surface area contributed by atoms with Crippen molar-refractivity contribution in [2.24, 2.45) is 0 Å². The van der Waals surface area contributed by atoms with Crippen molar-refractivity contribution in [3.8, 4) is 0 Å². The number of hydrogen-bond donors (Lipinski definition) is 1. The summed E-state index contributed by atoms with van der Waals surface area (Å²) in [5, 5.41) is 0.846. The molecule has 104 valence electrons. The van der Waals surface area contributed by atoms with Crippen molar-refractivity contribution in [2.75, 3.05) is 17.2 Å². The fourth-order valence-corrected chi connectivity index (χ4v) is 3.09. The van der Waals surface area contributed by atoms with E-state index in [1.165, 1.54) is 27.9 Å². The summed E-state index contributed by atoms with van der Waals surface area (Å²) in [7, 11) is 0. The summed E-state index contributed by atoms with van der Waals surface area (Å²) in [6, 6.07) is 10.6. The van der Waals surface area contributed by atoms with E-state index in [9.17, 15) is 0 Å². The van der Waals surface area contributed by atoms with Crippen LogP contribution in [-0.4, -0.2) is 6.54 Å². The normalized spacial score (nSPS) is 13.7. The Labute approximate surface area is 125 Å². The molecule has 0 fully saturated rings. The van der Waals surface area contributed by atoms with Crippen molar-refractivity contribution < 1.29 is 0 Å². The number of nitrogen functional groups attached to an aromatic ring is 1. The van der Waals surface area contributed by atoms with E-state index in [1.807, 2.05) is 6.07 Å². The summed E-state index contributed by atoms with van der Waals surface area (Å²) in [6.07, 6.45) is 1.08. The monoisotopic (exact) mass is 286 g/mol. The van der Waals surface area contributed by atoms with E-state index in [4.69, 9.17) is 17.3 Å². The summed E-state index contributed by atoms with van der Waals surface area (Å²) < 4.78 is 0. The lowest BCUT2D eigenvalue weighted by Gasteiger charge is -2.21. The van der Waals surface area contributed by atoms with Crippen molar-refractivity contribution in [1.82, 2.24) is 0 Å². The highest BCUT2D eigenvalue weighted by Gasteiger charge is 2.20. The Morgan fingerprint density at radius 3 is 2.75 bits per heavy atom. The van der Waals surface area contributed by atoms with Gasteiger partial charge in [-0.25, -0.2) is 0 Å². The molecule has 0 bridgehead atoms. The first-order valence-corrected chi connectivity index (χ1v) is 7.31. The number of nitrogens with two attached hydrogens (primary N) is 1. The third-order valence-corrected chi connectivity index (χ3v) is 4.38. The first kappa shape index (κ1) is 13.3. The van der Waals surface area contributed by atoms with Gasteiger partial charge in [0.25, 0.3) is 0 Å². The molecule has 2 nitrogen and oxygen atoms in total. The summed E-state index contributed by atoms with van der Waals surface area (Å²) in [6.45, 7) is 6.00. The van der Waals surface area contributed by atoms with Crippen LogP contribution in [0.2, 0.25) is 5.02 Å². The number of nitrogens with zero attached hydrogens (tertiary/aromatic N) is 1. The van der Waals surface area contributed by atoms with Gasteiger partial charge in [0, 0.05) is 29.5 Å². The third-order valence-electron chi connectivity index (χ3n) is 4.03. The minimum Gasteiger partial charge on any atom is -0.398 e. The van der Waals surface area contributed by atoms with E-state index in [-0.39, 0.29) is 0 Å². The largest absolute Gasteiger partial charge is 0.398 e. The number of fused-ring (bicyclic) bond motifs is 1. The molecule has 3 heteroatoms. The molecule has 1 aliphatic heterocycles. The van der Waals surface area contributed by atoms with Gasteiger partial charge >= 0.3 is 0 Å². The first-order chi connectivity index (χ1) is 9.54. The summed E-state index contributed by atoms with van der Waals surface area (Å²) in [5.74, 6) is 0. The molecule has 3 rings (SSSR count). The Kier molecular flexibility index (Phi) is 3.35. The molecule has 2 N–H and O–H groups in total. The molecular formula is C17H19ClN2. The van der Waals surface area contributed by atoms with Gasteiger partial charge in [-0.3, -0.25) is 0 Å². The lowest BCUT2D eigenvalue weighted by Crippen LogP contribution is -2.20. The van der Waals surface area contributed by atoms with Gasteiger partial charge in [-0.15, -0.1) is 0 Å². The summed E-state index contributed by atoms with van der Waals surface area (Å²) in [4.78, 5) is 2.36. The van der Waals surface area contributed by atoms with Crippen LogP contribution < -0.4 is 10.6 Å². The molecular weight excluding hydrogens is 268 g/mol. The second-order valence-corrected chi connectivity index (χ2v) is 6.01. The van der Waals surface area contributed by atoms with E-state index >= 15 is 0 Å². The molecule has 1 aliphatic rings. The topological polar surface area (TPSA) is 29.3 Å².